The quantitative estimate of drug-likeness (QED) is 0.111. The van der Waals surface area contributed by atoms with Gasteiger partial charge < -0.3 is 42.6 Å². The van der Waals surface area contributed by atoms with Crippen molar-refractivity contribution in [2.24, 2.45) is 0 Å². The number of carbonyl (C=O) groups is 3. The van der Waals surface area contributed by atoms with Gasteiger partial charge in [0.2, 0.25) is 0 Å². The van der Waals surface area contributed by atoms with Crippen molar-refractivity contribution < 1.29 is 57.0 Å². The Hall–Kier alpha value is -5.13. The minimum absolute atomic E-state index is 0.120. The highest BCUT2D eigenvalue weighted by molar-refractivity contribution is 5.91. The molecule has 0 N–H and O–H groups in total. The Bertz CT molecular complexity index is 1450. The number of unbranched alkanes of at least 4 members (excludes halogenated alkanes) is 1. The molecular weight excluding hydrogens is 588 g/mol. The van der Waals surface area contributed by atoms with Gasteiger partial charge in [-0.2, -0.15) is 0 Å². The molecule has 1 unspecified atom stereocenters. The van der Waals surface area contributed by atoms with Gasteiger partial charge in [-0.25, -0.2) is 14.4 Å². The molecule has 0 aromatic heterocycles. The molecule has 0 amide bonds. The number of rotatable bonds is 17. The van der Waals surface area contributed by atoms with Crippen LogP contribution in [0.25, 0.3) is 0 Å². The molecular formula is C33H38O12. The number of esters is 3. The van der Waals surface area contributed by atoms with Crippen molar-refractivity contribution in [3.05, 3.63) is 71.3 Å². The van der Waals surface area contributed by atoms with Gasteiger partial charge in [-0.3, -0.25) is 0 Å². The van der Waals surface area contributed by atoms with E-state index in [-0.39, 0.29) is 24.3 Å². The van der Waals surface area contributed by atoms with Crippen molar-refractivity contribution in [3.8, 4) is 34.5 Å². The summed E-state index contributed by atoms with van der Waals surface area (Å²) in [4.78, 5) is 38.4. The van der Waals surface area contributed by atoms with Gasteiger partial charge in [0.1, 0.15) is 12.7 Å². The summed E-state index contributed by atoms with van der Waals surface area (Å²) in [6.45, 7) is -0.0907. The topological polar surface area (TPSA) is 134 Å². The monoisotopic (exact) mass is 626 g/mol. The third-order valence-electron chi connectivity index (χ3n) is 6.69. The number of carbonyl (C=O) groups excluding carboxylic acids is 3. The summed E-state index contributed by atoms with van der Waals surface area (Å²) in [5.41, 5.74) is 0.781. The number of methoxy groups -OCH3 is 6. The van der Waals surface area contributed by atoms with E-state index in [4.69, 9.17) is 42.6 Å². The Labute approximate surface area is 262 Å². The standard InChI is InChI=1S/C33H38O12/c1-37-25-13-10-21(17-28(25)40-4)31(34)43-16-8-7-9-24(45-33(36)23-12-15-27(39-3)30(19-23)42-6)20-44-32(35)22-11-14-26(38-2)29(18-22)41-5/h10-15,17-19,24H,7-9,16,20H2,1-6H3. The van der Waals surface area contributed by atoms with Crippen LogP contribution in [0.15, 0.2) is 54.6 Å². The molecule has 12 nitrogen and oxygen atoms in total. The zero-order valence-corrected chi connectivity index (χ0v) is 26.2. The Morgan fingerprint density at radius 1 is 0.511 bits per heavy atom. The first kappa shape index (κ1) is 34.4. The molecule has 0 saturated heterocycles. The van der Waals surface area contributed by atoms with Crippen molar-refractivity contribution in [2.45, 2.75) is 25.4 Å². The fourth-order valence-corrected chi connectivity index (χ4v) is 4.26. The van der Waals surface area contributed by atoms with E-state index < -0.39 is 24.0 Å². The van der Waals surface area contributed by atoms with Crippen LogP contribution in [0.5, 0.6) is 34.5 Å². The van der Waals surface area contributed by atoms with Crippen LogP contribution in [0.2, 0.25) is 0 Å². The van der Waals surface area contributed by atoms with Crippen LogP contribution >= 0.6 is 0 Å². The second-order valence-corrected chi connectivity index (χ2v) is 9.47. The zero-order chi connectivity index (χ0) is 32.8. The highest BCUT2D eigenvalue weighted by atomic mass is 16.6. The van der Waals surface area contributed by atoms with Gasteiger partial charge in [0.05, 0.1) is 66.0 Å². The van der Waals surface area contributed by atoms with Crippen molar-refractivity contribution in [2.75, 3.05) is 55.9 Å². The summed E-state index contributed by atoms with van der Waals surface area (Å²) in [5.74, 6) is 0.764. The maximum absolute atomic E-state index is 13.0. The maximum atomic E-state index is 13.0. The van der Waals surface area contributed by atoms with Crippen molar-refractivity contribution in [1.29, 1.82) is 0 Å². The van der Waals surface area contributed by atoms with Crippen LogP contribution in [0.4, 0.5) is 0 Å². The summed E-state index contributed by atoms with van der Waals surface area (Å²) in [7, 11) is 8.88. The molecule has 3 aromatic carbocycles. The summed E-state index contributed by atoms with van der Waals surface area (Å²) < 4.78 is 48.1. The Morgan fingerprint density at radius 3 is 1.33 bits per heavy atom. The van der Waals surface area contributed by atoms with Gasteiger partial charge in [-0.1, -0.05) is 0 Å². The Morgan fingerprint density at radius 2 is 0.911 bits per heavy atom. The molecule has 242 valence electrons. The molecule has 0 bridgehead atoms. The number of benzene rings is 3. The Kier molecular flexibility index (Phi) is 13.2. The highest BCUT2D eigenvalue weighted by Crippen LogP contribution is 2.30. The van der Waals surface area contributed by atoms with E-state index >= 15 is 0 Å². The molecule has 45 heavy (non-hydrogen) atoms. The van der Waals surface area contributed by atoms with E-state index in [1.165, 1.54) is 60.9 Å². The average molecular weight is 627 g/mol. The molecule has 0 radical (unpaired) electrons. The van der Waals surface area contributed by atoms with E-state index in [1.807, 2.05) is 0 Å². The largest absolute Gasteiger partial charge is 0.493 e. The predicted molar refractivity (Wildman–Crippen MR) is 162 cm³/mol. The fraction of sp³-hybridized carbons (Fsp3) is 0.364. The molecule has 0 spiro atoms. The first-order valence-corrected chi connectivity index (χ1v) is 14.0. The van der Waals surface area contributed by atoms with Gasteiger partial charge in [-0.15, -0.1) is 0 Å². The van der Waals surface area contributed by atoms with Gasteiger partial charge in [-0.05, 0) is 73.9 Å². The molecule has 0 heterocycles. The first-order chi connectivity index (χ1) is 21.8. The van der Waals surface area contributed by atoms with Gasteiger partial charge in [0.25, 0.3) is 0 Å². The van der Waals surface area contributed by atoms with Crippen molar-refractivity contribution in [3.63, 3.8) is 0 Å². The summed E-state index contributed by atoms with van der Waals surface area (Å²) in [5, 5.41) is 0. The van der Waals surface area contributed by atoms with Crippen molar-refractivity contribution >= 4 is 17.9 Å². The van der Waals surface area contributed by atoms with Crippen LogP contribution in [-0.4, -0.2) is 79.9 Å². The van der Waals surface area contributed by atoms with Crippen LogP contribution in [0, 0.1) is 0 Å². The predicted octanol–water partition coefficient (Wildman–Crippen LogP) is 5.15. The third-order valence-corrected chi connectivity index (χ3v) is 6.69. The molecule has 1 atom stereocenters. The second-order valence-electron chi connectivity index (χ2n) is 9.47. The molecule has 0 saturated carbocycles. The van der Waals surface area contributed by atoms with Gasteiger partial charge in [0.15, 0.2) is 34.5 Å². The van der Waals surface area contributed by atoms with Crippen molar-refractivity contribution in [1.82, 2.24) is 0 Å². The molecule has 0 aliphatic rings. The van der Waals surface area contributed by atoms with E-state index in [0.717, 1.165) is 0 Å². The maximum Gasteiger partial charge on any atom is 0.338 e. The smallest absolute Gasteiger partial charge is 0.338 e. The van der Waals surface area contributed by atoms with E-state index in [1.54, 1.807) is 36.4 Å². The summed E-state index contributed by atoms with van der Waals surface area (Å²) in [6, 6.07) is 14.0. The summed E-state index contributed by atoms with van der Waals surface area (Å²) >= 11 is 0. The minimum Gasteiger partial charge on any atom is -0.493 e. The normalized spacial score (nSPS) is 11.1. The van der Waals surface area contributed by atoms with E-state index in [0.29, 0.717) is 59.3 Å². The Balaban J connectivity index is 1.63. The lowest BCUT2D eigenvalue weighted by Crippen LogP contribution is -2.25. The second kappa shape index (κ2) is 17.2. The third kappa shape index (κ3) is 9.43. The SMILES string of the molecule is COc1ccc(C(=O)OCCCCC(COC(=O)c2ccc(OC)c(OC)c2)OC(=O)c2ccc(OC)c(OC)c2)cc1OC. The highest BCUT2D eigenvalue weighted by Gasteiger charge is 2.21. The van der Waals surface area contributed by atoms with Crippen LogP contribution in [0.1, 0.15) is 50.3 Å². The number of ether oxygens (including phenoxy) is 9. The van der Waals surface area contributed by atoms with E-state index in [2.05, 4.69) is 0 Å². The summed E-state index contributed by atoms with van der Waals surface area (Å²) in [6.07, 6.45) is 0.493. The van der Waals surface area contributed by atoms with Gasteiger partial charge >= 0.3 is 17.9 Å². The number of hydrogen-bond donors (Lipinski definition) is 0. The lowest BCUT2D eigenvalue weighted by molar-refractivity contribution is -0.00384. The zero-order valence-electron chi connectivity index (χ0n) is 26.2. The lowest BCUT2D eigenvalue weighted by atomic mass is 10.1. The number of hydrogen-bond acceptors (Lipinski definition) is 12. The molecule has 0 aliphatic carbocycles. The molecule has 12 heteroatoms. The molecule has 0 aliphatic heterocycles. The molecule has 3 aromatic rings. The molecule has 3 rings (SSSR count). The van der Waals surface area contributed by atoms with E-state index in [9.17, 15) is 14.4 Å². The van der Waals surface area contributed by atoms with Crippen LogP contribution in [-0.2, 0) is 14.2 Å². The molecule has 0 fully saturated rings. The lowest BCUT2D eigenvalue weighted by Gasteiger charge is -2.19. The van der Waals surface area contributed by atoms with Crippen LogP contribution in [0.3, 0.4) is 0 Å². The first-order valence-electron chi connectivity index (χ1n) is 14.0. The average Bonchev–Trinajstić information content (AvgIpc) is 3.08. The van der Waals surface area contributed by atoms with Crippen LogP contribution < -0.4 is 28.4 Å². The minimum atomic E-state index is -0.795. The van der Waals surface area contributed by atoms with Gasteiger partial charge in [0, 0.05) is 0 Å². The fourth-order valence-electron chi connectivity index (χ4n) is 4.26.